The molecule has 3 N–H and O–H groups in total. The van der Waals surface area contributed by atoms with E-state index in [1.54, 1.807) is 26.8 Å². The number of aromatic amines is 1. The van der Waals surface area contributed by atoms with Gasteiger partial charge in [0.25, 0.3) is 0 Å². The van der Waals surface area contributed by atoms with E-state index < -0.39 is 23.7 Å². The number of rotatable bonds is 6. The van der Waals surface area contributed by atoms with Crippen LogP contribution in [0.15, 0.2) is 24.4 Å². The summed E-state index contributed by atoms with van der Waals surface area (Å²) >= 11 is 0. The SMILES string of the molecule is CC(C)(C)OC(=O)N[C@H](C(=O)N1CC[C@@H]2[C@H]1[C@@H](c1c[nH]c3cc(F)ccc13)CN2CC(=O)O)C1CCCCC1. The minimum atomic E-state index is -0.910. The van der Waals surface area contributed by atoms with Gasteiger partial charge in [-0.05, 0) is 69.7 Å². The number of aromatic nitrogens is 1. The Labute approximate surface area is 228 Å². The molecule has 10 heteroatoms. The van der Waals surface area contributed by atoms with Crippen LogP contribution in [-0.2, 0) is 14.3 Å². The molecular formula is C29H39FN4O5. The summed E-state index contributed by atoms with van der Waals surface area (Å²) < 4.78 is 19.4. The molecule has 9 nitrogen and oxygen atoms in total. The first-order valence-corrected chi connectivity index (χ1v) is 14.0. The molecule has 5 rings (SSSR count). The quantitative estimate of drug-likeness (QED) is 0.503. The predicted octanol–water partition coefficient (Wildman–Crippen LogP) is 4.23. The highest BCUT2D eigenvalue weighted by Gasteiger charge is 2.53. The van der Waals surface area contributed by atoms with Crippen LogP contribution in [0.4, 0.5) is 9.18 Å². The van der Waals surface area contributed by atoms with Crippen LogP contribution in [0.1, 0.15) is 70.8 Å². The Morgan fingerprint density at radius 2 is 1.92 bits per heavy atom. The third kappa shape index (κ3) is 5.76. The molecule has 0 bridgehead atoms. The zero-order valence-corrected chi connectivity index (χ0v) is 22.9. The monoisotopic (exact) mass is 542 g/mol. The van der Waals surface area contributed by atoms with Crippen molar-refractivity contribution in [2.45, 2.75) is 88.9 Å². The Morgan fingerprint density at radius 1 is 1.18 bits per heavy atom. The van der Waals surface area contributed by atoms with E-state index in [0.29, 0.717) is 25.0 Å². The van der Waals surface area contributed by atoms with Crippen molar-refractivity contribution >= 4 is 28.9 Å². The normalized spacial score (nSPS) is 25.0. The standard InChI is InChI=1S/C29H39FN4O5/c1-29(2,3)39-28(38)32-25(17-7-5-4-6-8-17)27(37)34-12-11-23-26(34)21(15-33(23)16-24(35)36)20-14-31-22-13-18(30)9-10-19(20)22/h9-10,13-14,17,21,23,25-26,31H,4-8,11-12,15-16H2,1-3H3,(H,32,38)(H,35,36)/t21-,23-,25+,26-/m1/s1. The van der Waals surface area contributed by atoms with E-state index in [-0.39, 0.29) is 42.2 Å². The molecule has 2 aliphatic heterocycles. The number of hydrogen-bond acceptors (Lipinski definition) is 5. The number of ether oxygens (including phenoxy) is 1. The van der Waals surface area contributed by atoms with Crippen molar-refractivity contribution in [2.24, 2.45) is 5.92 Å². The van der Waals surface area contributed by atoms with E-state index in [4.69, 9.17) is 4.74 Å². The van der Waals surface area contributed by atoms with Crippen molar-refractivity contribution in [3.63, 3.8) is 0 Å². The summed E-state index contributed by atoms with van der Waals surface area (Å²) in [4.78, 5) is 45.8. The van der Waals surface area contributed by atoms with Crippen LogP contribution in [0, 0.1) is 11.7 Å². The molecule has 0 unspecified atom stereocenters. The number of benzene rings is 1. The number of nitrogens with zero attached hydrogens (tertiary/aromatic N) is 2. The maximum absolute atomic E-state index is 14.3. The minimum Gasteiger partial charge on any atom is -0.480 e. The lowest BCUT2D eigenvalue weighted by atomic mass is 9.83. The van der Waals surface area contributed by atoms with Gasteiger partial charge in [0, 0.05) is 42.1 Å². The summed E-state index contributed by atoms with van der Waals surface area (Å²) in [6.07, 6.45) is 6.76. The lowest BCUT2D eigenvalue weighted by Crippen LogP contribution is -2.55. The van der Waals surface area contributed by atoms with Gasteiger partial charge in [0.05, 0.1) is 12.6 Å². The van der Waals surface area contributed by atoms with Gasteiger partial charge in [0.1, 0.15) is 17.5 Å². The third-order valence-corrected chi connectivity index (χ3v) is 8.49. The van der Waals surface area contributed by atoms with Crippen LogP contribution in [-0.4, -0.2) is 81.2 Å². The number of nitrogens with one attached hydrogen (secondary N) is 2. The van der Waals surface area contributed by atoms with E-state index >= 15 is 0 Å². The second-order valence-corrected chi connectivity index (χ2v) is 12.3. The van der Waals surface area contributed by atoms with Crippen molar-refractivity contribution in [1.82, 2.24) is 20.1 Å². The number of halogens is 1. The summed E-state index contributed by atoms with van der Waals surface area (Å²) in [7, 11) is 0. The first-order valence-electron chi connectivity index (χ1n) is 14.0. The molecule has 1 aromatic heterocycles. The molecule has 2 saturated heterocycles. The van der Waals surface area contributed by atoms with Gasteiger partial charge in [0.2, 0.25) is 5.91 Å². The summed E-state index contributed by atoms with van der Waals surface area (Å²) in [5, 5.41) is 13.4. The number of carboxylic acids is 1. The first-order chi connectivity index (χ1) is 18.5. The number of carbonyl (C=O) groups excluding carboxylic acids is 2. The lowest BCUT2D eigenvalue weighted by Gasteiger charge is -2.36. The average molecular weight is 543 g/mol. The van der Waals surface area contributed by atoms with Crippen molar-refractivity contribution in [2.75, 3.05) is 19.6 Å². The lowest BCUT2D eigenvalue weighted by molar-refractivity contribution is -0.138. The third-order valence-electron chi connectivity index (χ3n) is 8.49. The Hall–Kier alpha value is -3.14. The minimum absolute atomic E-state index is 0.0175. The van der Waals surface area contributed by atoms with Crippen LogP contribution in [0.25, 0.3) is 10.9 Å². The highest BCUT2D eigenvalue weighted by atomic mass is 19.1. The summed E-state index contributed by atoms with van der Waals surface area (Å²) in [6, 6.07) is 3.53. The van der Waals surface area contributed by atoms with Crippen molar-refractivity contribution < 1.29 is 28.6 Å². The molecule has 2 amide bonds. The van der Waals surface area contributed by atoms with E-state index in [1.807, 2.05) is 16.0 Å². The summed E-state index contributed by atoms with van der Waals surface area (Å²) in [5.41, 5.74) is 0.925. The Kier molecular flexibility index (Phi) is 7.59. The largest absolute Gasteiger partial charge is 0.480 e. The number of carboxylic acid groups (broad SMARTS) is 1. The number of aliphatic carboxylic acids is 1. The molecule has 4 atom stereocenters. The molecule has 1 saturated carbocycles. The van der Waals surface area contributed by atoms with Crippen molar-refractivity contribution in [3.8, 4) is 0 Å². The van der Waals surface area contributed by atoms with Crippen LogP contribution in [0.5, 0.6) is 0 Å². The van der Waals surface area contributed by atoms with E-state index in [1.165, 1.54) is 12.1 Å². The summed E-state index contributed by atoms with van der Waals surface area (Å²) in [5.74, 6) is -1.52. The number of carbonyl (C=O) groups is 3. The van der Waals surface area contributed by atoms with Gasteiger partial charge in [-0.2, -0.15) is 0 Å². The van der Waals surface area contributed by atoms with E-state index in [9.17, 15) is 23.9 Å². The van der Waals surface area contributed by atoms with E-state index in [0.717, 1.165) is 43.1 Å². The van der Waals surface area contributed by atoms with Crippen LogP contribution in [0.2, 0.25) is 0 Å². The smallest absolute Gasteiger partial charge is 0.408 e. The van der Waals surface area contributed by atoms with Gasteiger partial charge in [-0.1, -0.05) is 19.3 Å². The molecular weight excluding hydrogens is 503 g/mol. The average Bonchev–Trinajstić information content (AvgIpc) is 3.56. The summed E-state index contributed by atoms with van der Waals surface area (Å²) in [6.45, 7) is 6.23. The number of H-pyrrole nitrogens is 1. The van der Waals surface area contributed by atoms with E-state index in [2.05, 4.69) is 10.3 Å². The Bertz CT molecular complexity index is 1230. The number of amides is 2. The zero-order chi connectivity index (χ0) is 27.9. The molecule has 39 heavy (non-hydrogen) atoms. The second kappa shape index (κ2) is 10.8. The van der Waals surface area contributed by atoms with Gasteiger partial charge in [-0.15, -0.1) is 0 Å². The maximum Gasteiger partial charge on any atom is 0.408 e. The van der Waals surface area contributed by atoms with Gasteiger partial charge < -0.3 is 25.0 Å². The number of fused-ring (bicyclic) bond motifs is 2. The molecule has 2 aromatic rings. The molecule has 1 aromatic carbocycles. The number of likely N-dealkylation sites (tertiary alicyclic amines) is 2. The van der Waals surface area contributed by atoms with Gasteiger partial charge in [-0.3, -0.25) is 14.5 Å². The van der Waals surface area contributed by atoms with Gasteiger partial charge in [-0.25, -0.2) is 9.18 Å². The molecule has 3 aliphatic rings. The van der Waals surface area contributed by atoms with Crippen LogP contribution < -0.4 is 5.32 Å². The molecule has 212 valence electrons. The first kappa shape index (κ1) is 27.4. The maximum atomic E-state index is 14.3. The molecule has 0 spiro atoms. The fourth-order valence-corrected chi connectivity index (χ4v) is 6.96. The highest BCUT2D eigenvalue weighted by molar-refractivity contribution is 5.88. The zero-order valence-electron chi connectivity index (χ0n) is 22.9. The van der Waals surface area contributed by atoms with Gasteiger partial charge >= 0.3 is 12.1 Å². The predicted molar refractivity (Wildman–Crippen MR) is 144 cm³/mol. The Morgan fingerprint density at radius 3 is 2.62 bits per heavy atom. The molecule has 1 aliphatic carbocycles. The van der Waals surface area contributed by atoms with Crippen molar-refractivity contribution in [1.29, 1.82) is 0 Å². The fourth-order valence-electron chi connectivity index (χ4n) is 6.96. The number of hydrogen-bond donors (Lipinski definition) is 3. The second-order valence-electron chi connectivity index (χ2n) is 12.3. The van der Waals surface area contributed by atoms with Crippen molar-refractivity contribution in [3.05, 3.63) is 35.8 Å². The van der Waals surface area contributed by atoms with Gasteiger partial charge in [0.15, 0.2) is 0 Å². The van der Waals surface area contributed by atoms with Crippen LogP contribution >= 0.6 is 0 Å². The molecule has 3 heterocycles. The highest BCUT2D eigenvalue weighted by Crippen LogP contribution is 2.43. The molecule has 0 radical (unpaired) electrons. The van der Waals surface area contributed by atoms with Crippen LogP contribution in [0.3, 0.4) is 0 Å². The fraction of sp³-hybridized carbons (Fsp3) is 0.621. The Balaban J connectivity index is 1.47. The topological polar surface area (TPSA) is 115 Å². The molecule has 3 fully saturated rings. The number of alkyl carbamates (subject to hydrolysis) is 1.